The number of anilines is 2. The number of likely N-dealkylation sites (tertiary alicyclic amines) is 1. The maximum Gasteiger partial charge on any atom is 0.133 e. The van der Waals surface area contributed by atoms with Crippen LogP contribution in [0.3, 0.4) is 0 Å². The van der Waals surface area contributed by atoms with Gasteiger partial charge in [-0.3, -0.25) is 14.9 Å². The van der Waals surface area contributed by atoms with E-state index in [1.54, 1.807) is 24.8 Å². The van der Waals surface area contributed by atoms with E-state index in [2.05, 4.69) is 30.2 Å². The van der Waals surface area contributed by atoms with Crippen LogP contribution in [0.2, 0.25) is 0 Å². The van der Waals surface area contributed by atoms with Gasteiger partial charge in [-0.1, -0.05) is 0 Å². The summed E-state index contributed by atoms with van der Waals surface area (Å²) in [5.74, 6) is 1.10. The SMILES string of the molecule is Cc1ccncc1-c1cc2cc(NC(/C=N\C[C@H]3CN(C4COC4)CC[C@@H]3O)=C/N)ncc2c(N)n1. The molecule has 2 aliphatic rings. The maximum absolute atomic E-state index is 10.4. The zero-order chi connectivity index (χ0) is 25.1. The molecule has 5 heterocycles. The molecule has 0 aliphatic carbocycles. The van der Waals surface area contributed by atoms with Crippen molar-refractivity contribution in [1.82, 2.24) is 19.9 Å². The molecule has 0 spiro atoms. The zero-order valence-electron chi connectivity index (χ0n) is 20.3. The van der Waals surface area contributed by atoms with Crippen LogP contribution in [0.4, 0.5) is 11.6 Å². The Kier molecular flexibility index (Phi) is 7.08. The Morgan fingerprint density at radius 1 is 1.33 bits per heavy atom. The Bertz CT molecular complexity index is 1290. The number of nitrogens with two attached hydrogens (primary N) is 2. The van der Waals surface area contributed by atoms with Crippen LogP contribution in [0.5, 0.6) is 0 Å². The largest absolute Gasteiger partial charge is 0.403 e. The molecule has 0 radical (unpaired) electrons. The van der Waals surface area contributed by atoms with Crippen LogP contribution in [-0.2, 0) is 4.74 Å². The molecule has 3 aromatic heterocycles. The summed E-state index contributed by atoms with van der Waals surface area (Å²) in [5.41, 5.74) is 15.5. The molecule has 10 heteroatoms. The fourth-order valence-corrected chi connectivity index (χ4v) is 4.66. The molecule has 10 nitrogen and oxygen atoms in total. The fraction of sp³-hybridized carbons (Fsp3) is 0.385. The van der Waals surface area contributed by atoms with Gasteiger partial charge in [0.2, 0.25) is 0 Å². The number of rotatable bonds is 7. The Morgan fingerprint density at radius 2 is 2.19 bits per heavy atom. The van der Waals surface area contributed by atoms with Crippen molar-refractivity contribution < 1.29 is 9.84 Å². The number of piperidine rings is 1. The van der Waals surface area contributed by atoms with Crippen molar-refractivity contribution in [2.24, 2.45) is 16.6 Å². The first-order valence-electron chi connectivity index (χ1n) is 12.2. The third-order valence-electron chi connectivity index (χ3n) is 6.94. The number of aliphatic hydroxyl groups is 1. The average Bonchev–Trinajstić information content (AvgIpc) is 2.84. The van der Waals surface area contributed by atoms with Gasteiger partial charge in [0.25, 0.3) is 0 Å². The van der Waals surface area contributed by atoms with E-state index in [1.807, 2.05) is 25.1 Å². The Morgan fingerprint density at radius 3 is 2.94 bits per heavy atom. The second-order valence-electron chi connectivity index (χ2n) is 9.42. The molecular weight excluding hydrogens is 456 g/mol. The van der Waals surface area contributed by atoms with Gasteiger partial charge in [-0.15, -0.1) is 0 Å². The van der Waals surface area contributed by atoms with E-state index in [-0.39, 0.29) is 12.0 Å². The molecule has 0 amide bonds. The molecule has 0 saturated carbocycles. The zero-order valence-corrected chi connectivity index (χ0v) is 20.3. The summed E-state index contributed by atoms with van der Waals surface area (Å²) in [5, 5.41) is 15.3. The van der Waals surface area contributed by atoms with Gasteiger partial charge in [0, 0.05) is 67.5 Å². The summed E-state index contributed by atoms with van der Waals surface area (Å²) in [4.78, 5) is 20.2. The predicted molar refractivity (Wildman–Crippen MR) is 141 cm³/mol. The molecule has 0 unspecified atom stereocenters. The number of hydrogen-bond donors (Lipinski definition) is 4. The van der Waals surface area contributed by atoms with E-state index < -0.39 is 0 Å². The molecular formula is C26H32N8O2. The van der Waals surface area contributed by atoms with Gasteiger partial charge in [0.15, 0.2) is 0 Å². The molecule has 0 aromatic carbocycles. The van der Waals surface area contributed by atoms with Crippen LogP contribution in [0.15, 0.2) is 53.7 Å². The van der Waals surface area contributed by atoms with Crippen LogP contribution in [0.25, 0.3) is 22.0 Å². The first-order valence-corrected chi connectivity index (χ1v) is 12.2. The van der Waals surface area contributed by atoms with Crippen molar-refractivity contribution in [3.05, 3.63) is 54.3 Å². The second-order valence-corrected chi connectivity index (χ2v) is 9.42. The van der Waals surface area contributed by atoms with E-state index in [9.17, 15) is 5.11 Å². The Labute approximate surface area is 210 Å². The molecule has 2 atom stereocenters. The number of allylic oxidation sites excluding steroid dienone is 1. The predicted octanol–water partition coefficient (Wildman–Crippen LogP) is 1.95. The highest BCUT2D eigenvalue weighted by Crippen LogP contribution is 2.29. The van der Waals surface area contributed by atoms with Gasteiger partial charge in [-0.25, -0.2) is 9.97 Å². The Balaban J connectivity index is 1.28. The number of hydrogen-bond acceptors (Lipinski definition) is 10. The van der Waals surface area contributed by atoms with Crippen LogP contribution in [0.1, 0.15) is 12.0 Å². The lowest BCUT2D eigenvalue weighted by Gasteiger charge is -2.43. The first kappa shape index (κ1) is 24.1. The van der Waals surface area contributed by atoms with E-state index in [4.69, 9.17) is 16.2 Å². The lowest BCUT2D eigenvalue weighted by atomic mass is 9.93. The number of aliphatic hydroxyl groups excluding tert-OH is 1. The summed E-state index contributed by atoms with van der Waals surface area (Å²) in [6.07, 6.45) is 8.79. The molecule has 36 heavy (non-hydrogen) atoms. The molecule has 188 valence electrons. The van der Waals surface area contributed by atoms with E-state index in [0.717, 1.165) is 60.3 Å². The maximum atomic E-state index is 10.4. The number of nitrogens with zero attached hydrogens (tertiary/aromatic N) is 5. The minimum Gasteiger partial charge on any atom is -0.403 e. The minimum absolute atomic E-state index is 0.0817. The molecule has 2 saturated heterocycles. The van der Waals surface area contributed by atoms with Crippen molar-refractivity contribution in [1.29, 1.82) is 0 Å². The third kappa shape index (κ3) is 5.15. The topological polar surface area (TPSA) is 148 Å². The number of aromatic nitrogens is 3. The van der Waals surface area contributed by atoms with Crippen LogP contribution in [0, 0.1) is 12.8 Å². The quantitative estimate of drug-likeness (QED) is 0.366. The summed E-state index contributed by atoms with van der Waals surface area (Å²) in [6, 6.07) is 6.30. The fourth-order valence-electron chi connectivity index (χ4n) is 4.66. The molecule has 0 bridgehead atoms. The first-order chi connectivity index (χ1) is 17.5. The van der Waals surface area contributed by atoms with Crippen LogP contribution in [-0.4, -0.2) is 76.2 Å². The second kappa shape index (κ2) is 10.6. The Hall–Kier alpha value is -3.60. The summed E-state index contributed by atoms with van der Waals surface area (Å²) < 4.78 is 5.32. The molecule has 2 fully saturated rings. The monoisotopic (exact) mass is 488 g/mol. The molecule has 5 rings (SSSR count). The highest BCUT2D eigenvalue weighted by Gasteiger charge is 2.34. The molecule has 3 aromatic rings. The van der Waals surface area contributed by atoms with Crippen molar-refractivity contribution in [2.45, 2.75) is 25.5 Å². The lowest BCUT2D eigenvalue weighted by molar-refractivity contribution is -0.0912. The van der Waals surface area contributed by atoms with Gasteiger partial charge >= 0.3 is 0 Å². The van der Waals surface area contributed by atoms with Gasteiger partial charge in [-0.05, 0) is 42.5 Å². The number of aryl methyl sites for hydroxylation is 1. The highest BCUT2D eigenvalue weighted by molar-refractivity contribution is 5.95. The van der Waals surface area contributed by atoms with E-state index in [0.29, 0.717) is 29.9 Å². The van der Waals surface area contributed by atoms with Crippen LogP contribution < -0.4 is 16.8 Å². The summed E-state index contributed by atoms with van der Waals surface area (Å²) >= 11 is 0. The number of ether oxygens (including phenoxy) is 1. The summed E-state index contributed by atoms with van der Waals surface area (Å²) in [6.45, 7) is 5.82. The number of nitrogens with one attached hydrogen (secondary N) is 1. The van der Waals surface area contributed by atoms with Crippen molar-refractivity contribution in [2.75, 3.05) is 43.9 Å². The van der Waals surface area contributed by atoms with E-state index >= 15 is 0 Å². The number of aliphatic imine (C=N–C) groups is 1. The van der Waals surface area contributed by atoms with E-state index in [1.165, 1.54) is 6.20 Å². The van der Waals surface area contributed by atoms with Gasteiger partial charge in [-0.2, -0.15) is 0 Å². The number of pyridine rings is 3. The van der Waals surface area contributed by atoms with Crippen LogP contribution >= 0.6 is 0 Å². The van der Waals surface area contributed by atoms with Gasteiger partial charge in [0.05, 0.1) is 36.8 Å². The lowest BCUT2D eigenvalue weighted by Crippen LogP contribution is -2.55. The van der Waals surface area contributed by atoms with Gasteiger partial charge < -0.3 is 26.6 Å². The normalized spacial score (nSPS) is 21.7. The number of fused-ring (bicyclic) bond motifs is 1. The standard InChI is InChI=1S/C26H32N8O2/c1-16-2-4-29-11-21(16)23-6-17-7-25(31-12-22(17)26(28)33-23)32-19(8-27)10-30-9-18-13-34(5-3-24(18)35)20-14-36-15-20/h2,4,6-8,10-12,18,20,24,35H,3,5,9,13-15,27H2,1H3,(H2,28,33)(H,31,32)/b19-8+,30-10-/t18-,24-/m0/s1. The third-order valence-corrected chi connectivity index (χ3v) is 6.94. The van der Waals surface area contributed by atoms with Gasteiger partial charge in [0.1, 0.15) is 11.6 Å². The highest BCUT2D eigenvalue weighted by atomic mass is 16.5. The van der Waals surface area contributed by atoms with Crippen molar-refractivity contribution >= 4 is 28.6 Å². The smallest absolute Gasteiger partial charge is 0.133 e. The number of nitrogen functional groups attached to an aromatic ring is 1. The summed E-state index contributed by atoms with van der Waals surface area (Å²) in [7, 11) is 0. The van der Waals surface area contributed by atoms with Crippen molar-refractivity contribution in [3.8, 4) is 11.3 Å². The minimum atomic E-state index is -0.350. The van der Waals surface area contributed by atoms with Crippen molar-refractivity contribution in [3.63, 3.8) is 0 Å². The average molecular weight is 489 g/mol. The molecule has 6 N–H and O–H groups in total. The molecule has 2 aliphatic heterocycles.